The number of carbonyl (C=O) groups excluding carboxylic acids is 1. The van der Waals surface area contributed by atoms with Crippen molar-refractivity contribution >= 4 is 28.4 Å². The van der Waals surface area contributed by atoms with E-state index in [-0.39, 0.29) is 12.0 Å². The molecule has 1 fully saturated rings. The number of nitrogens with two attached hydrogens (primary N) is 1. The topological polar surface area (TPSA) is 121 Å². The van der Waals surface area contributed by atoms with E-state index in [1.165, 1.54) is 0 Å². The van der Waals surface area contributed by atoms with Gasteiger partial charge in [0.15, 0.2) is 0 Å². The highest BCUT2D eigenvalue weighted by molar-refractivity contribution is 5.93. The van der Waals surface area contributed by atoms with Crippen LogP contribution in [0.5, 0.6) is 5.88 Å². The van der Waals surface area contributed by atoms with Crippen LogP contribution in [0, 0.1) is 0 Å². The predicted molar refractivity (Wildman–Crippen MR) is 132 cm³/mol. The van der Waals surface area contributed by atoms with Crippen molar-refractivity contribution in [1.29, 1.82) is 0 Å². The minimum absolute atomic E-state index is 0.113. The molecule has 2 aliphatic rings. The van der Waals surface area contributed by atoms with Crippen molar-refractivity contribution in [2.75, 3.05) is 19.0 Å². The van der Waals surface area contributed by atoms with E-state index in [0.717, 1.165) is 29.2 Å². The SMILES string of the molecule is C=C[C@@H]1OC(=O)c2ccc(Nc3cc4c(C(C)(N)COC)cnc(OC5CC5)c4cn3)nc2[C@@H]1C. The molecule has 0 saturated heterocycles. The zero-order chi connectivity index (χ0) is 24.7. The quantitative estimate of drug-likeness (QED) is 0.368. The van der Waals surface area contributed by atoms with Crippen LogP contribution in [0.3, 0.4) is 0 Å². The van der Waals surface area contributed by atoms with E-state index in [1.54, 1.807) is 37.7 Å². The lowest BCUT2D eigenvalue weighted by Crippen LogP contribution is -2.38. The average molecular weight is 476 g/mol. The molecule has 9 heteroatoms. The summed E-state index contributed by atoms with van der Waals surface area (Å²) in [6.07, 6.45) is 6.95. The Morgan fingerprint density at radius 1 is 1.26 bits per heavy atom. The number of carbonyl (C=O) groups is 1. The number of hydrogen-bond acceptors (Lipinski definition) is 9. The van der Waals surface area contributed by atoms with Crippen molar-refractivity contribution in [2.24, 2.45) is 5.73 Å². The van der Waals surface area contributed by atoms with Crippen LogP contribution in [0.2, 0.25) is 0 Å². The number of methoxy groups -OCH3 is 1. The molecule has 0 bridgehead atoms. The van der Waals surface area contributed by atoms with E-state index in [1.807, 2.05) is 19.9 Å². The fourth-order valence-corrected chi connectivity index (χ4v) is 4.34. The fourth-order valence-electron chi connectivity index (χ4n) is 4.34. The summed E-state index contributed by atoms with van der Waals surface area (Å²) in [5.74, 6) is 1.19. The predicted octanol–water partition coefficient (Wildman–Crippen LogP) is 3.96. The van der Waals surface area contributed by atoms with Crippen LogP contribution in [0.1, 0.15) is 54.2 Å². The van der Waals surface area contributed by atoms with Crippen molar-refractivity contribution in [2.45, 2.75) is 50.4 Å². The van der Waals surface area contributed by atoms with Gasteiger partial charge in [0, 0.05) is 31.0 Å². The largest absolute Gasteiger partial charge is 0.474 e. The molecule has 1 unspecified atom stereocenters. The van der Waals surface area contributed by atoms with Crippen LogP contribution >= 0.6 is 0 Å². The van der Waals surface area contributed by atoms with Gasteiger partial charge in [-0.15, -0.1) is 0 Å². The molecule has 182 valence electrons. The number of anilines is 2. The maximum absolute atomic E-state index is 12.3. The minimum atomic E-state index is -0.768. The number of nitrogens with one attached hydrogen (secondary N) is 1. The van der Waals surface area contributed by atoms with Crippen LogP contribution < -0.4 is 15.8 Å². The first-order valence-electron chi connectivity index (χ1n) is 11.7. The van der Waals surface area contributed by atoms with Crippen LogP contribution in [-0.4, -0.2) is 46.8 Å². The second-order valence-corrected chi connectivity index (χ2v) is 9.41. The molecule has 1 saturated carbocycles. The van der Waals surface area contributed by atoms with Gasteiger partial charge in [-0.25, -0.2) is 19.7 Å². The van der Waals surface area contributed by atoms with Crippen molar-refractivity contribution < 1.29 is 19.0 Å². The van der Waals surface area contributed by atoms with Gasteiger partial charge in [-0.2, -0.15) is 0 Å². The minimum Gasteiger partial charge on any atom is -0.474 e. The Bertz CT molecular complexity index is 1300. The Labute approximate surface area is 203 Å². The van der Waals surface area contributed by atoms with E-state index in [4.69, 9.17) is 24.9 Å². The van der Waals surface area contributed by atoms with Crippen LogP contribution in [0.25, 0.3) is 10.8 Å². The fraction of sp³-hybridized carbons (Fsp3) is 0.385. The summed E-state index contributed by atoms with van der Waals surface area (Å²) in [4.78, 5) is 26.2. The molecule has 1 aliphatic carbocycles. The number of ether oxygens (including phenoxy) is 3. The molecule has 5 rings (SSSR count). The van der Waals surface area contributed by atoms with Gasteiger partial charge in [-0.05, 0) is 43.4 Å². The van der Waals surface area contributed by atoms with Gasteiger partial charge in [-0.1, -0.05) is 19.6 Å². The summed E-state index contributed by atoms with van der Waals surface area (Å²) < 4.78 is 16.8. The van der Waals surface area contributed by atoms with E-state index in [9.17, 15) is 4.79 Å². The highest BCUT2D eigenvalue weighted by atomic mass is 16.5. The number of rotatable bonds is 8. The van der Waals surface area contributed by atoms with Crippen molar-refractivity contribution in [3.05, 3.63) is 60.1 Å². The lowest BCUT2D eigenvalue weighted by Gasteiger charge is -2.28. The van der Waals surface area contributed by atoms with Crippen LogP contribution in [-0.2, 0) is 15.0 Å². The van der Waals surface area contributed by atoms with Gasteiger partial charge >= 0.3 is 5.97 Å². The maximum Gasteiger partial charge on any atom is 0.340 e. The molecule has 0 radical (unpaired) electrons. The van der Waals surface area contributed by atoms with Gasteiger partial charge in [0.2, 0.25) is 5.88 Å². The third-order valence-electron chi connectivity index (χ3n) is 6.40. The summed E-state index contributed by atoms with van der Waals surface area (Å²) >= 11 is 0. The second-order valence-electron chi connectivity index (χ2n) is 9.41. The Hall–Kier alpha value is -3.56. The average Bonchev–Trinajstić information content (AvgIpc) is 3.65. The van der Waals surface area contributed by atoms with Gasteiger partial charge in [0.1, 0.15) is 23.8 Å². The lowest BCUT2D eigenvalue weighted by molar-refractivity contribution is 0.0302. The third kappa shape index (κ3) is 4.44. The van der Waals surface area contributed by atoms with E-state index in [2.05, 4.69) is 21.9 Å². The summed E-state index contributed by atoms with van der Waals surface area (Å²) in [5.41, 5.74) is 7.78. The van der Waals surface area contributed by atoms with Crippen molar-refractivity contribution in [1.82, 2.24) is 15.0 Å². The highest BCUT2D eigenvalue weighted by Crippen LogP contribution is 2.36. The molecule has 0 amide bonds. The number of aromatic nitrogens is 3. The van der Waals surface area contributed by atoms with E-state index >= 15 is 0 Å². The number of pyridine rings is 3. The summed E-state index contributed by atoms with van der Waals surface area (Å²) in [6.45, 7) is 7.95. The standard InChI is InChI=1S/C26H29N5O4/c1-5-20-14(2)23-16(25(32)35-20)8-9-21(31-23)30-22-10-17-18(11-28-22)24(34-15-6-7-15)29-12-19(17)26(3,27)13-33-4/h5,8-12,14-15,20H,1,6-7,13,27H2,2-4H3,(H,28,30,31)/t14-,20+,26?/m1/s1. The van der Waals surface area contributed by atoms with Gasteiger partial charge in [0.05, 0.1) is 28.8 Å². The summed E-state index contributed by atoms with van der Waals surface area (Å²) in [7, 11) is 1.62. The number of cyclic esters (lactones) is 1. The number of nitrogens with zero attached hydrogens (tertiary/aromatic N) is 3. The zero-order valence-corrected chi connectivity index (χ0v) is 20.1. The smallest absolute Gasteiger partial charge is 0.340 e. The summed E-state index contributed by atoms with van der Waals surface area (Å²) in [5, 5.41) is 4.92. The van der Waals surface area contributed by atoms with Gasteiger partial charge in [-0.3, -0.25) is 0 Å². The highest BCUT2D eigenvalue weighted by Gasteiger charge is 2.33. The molecule has 3 aromatic rings. The number of esters is 1. The molecule has 0 spiro atoms. The van der Waals surface area contributed by atoms with E-state index < -0.39 is 17.6 Å². The molecule has 0 aromatic carbocycles. The normalized spacial score (nSPS) is 21.1. The molecule has 4 heterocycles. The Kier molecular flexibility index (Phi) is 5.90. The molecule has 1 aliphatic heterocycles. The Morgan fingerprint density at radius 2 is 2.06 bits per heavy atom. The number of fused-ring (bicyclic) bond motifs is 2. The molecule has 3 aromatic heterocycles. The summed E-state index contributed by atoms with van der Waals surface area (Å²) in [6, 6.07) is 5.37. The first-order valence-corrected chi connectivity index (χ1v) is 11.7. The first kappa shape index (κ1) is 23.2. The monoisotopic (exact) mass is 475 g/mol. The molecular weight excluding hydrogens is 446 g/mol. The molecule has 3 N–H and O–H groups in total. The van der Waals surface area contributed by atoms with Crippen LogP contribution in [0.4, 0.5) is 11.6 Å². The number of hydrogen-bond donors (Lipinski definition) is 2. The third-order valence-corrected chi connectivity index (χ3v) is 6.40. The van der Waals surface area contributed by atoms with Gasteiger partial charge < -0.3 is 25.3 Å². The second kappa shape index (κ2) is 8.90. The molecule has 3 atom stereocenters. The molecule has 9 nitrogen and oxygen atoms in total. The Balaban J connectivity index is 1.53. The Morgan fingerprint density at radius 3 is 2.77 bits per heavy atom. The lowest BCUT2D eigenvalue weighted by atomic mass is 9.91. The molecule has 35 heavy (non-hydrogen) atoms. The molecular formula is C26H29N5O4. The zero-order valence-electron chi connectivity index (χ0n) is 20.1. The van der Waals surface area contributed by atoms with Gasteiger partial charge in [0.25, 0.3) is 0 Å². The van der Waals surface area contributed by atoms with Crippen LogP contribution in [0.15, 0.2) is 43.2 Å². The first-order chi connectivity index (χ1) is 16.8. The van der Waals surface area contributed by atoms with Crippen molar-refractivity contribution in [3.63, 3.8) is 0 Å². The van der Waals surface area contributed by atoms with E-state index in [0.29, 0.717) is 35.4 Å². The maximum atomic E-state index is 12.3. The van der Waals surface area contributed by atoms with Crippen molar-refractivity contribution in [3.8, 4) is 5.88 Å².